The van der Waals surface area contributed by atoms with E-state index in [4.69, 9.17) is 10.1 Å². The molecule has 0 fully saturated rings. The van der Waals surface area contributed by atoms with Crippen LogP contribution in [-0.4, -0.2) is 34.6 Å². The van der Waals surface area contributed by atoms with Crippen LogP contribution in [0.25, 0.3) is 16.6 Å². The number of benzene rings is 2. The quantitative estimate of drug-likeness (QED) is 0.682. The maximum absolute atomic E-state index is 10.5. The van der Waals surface area contributed by atoms with E-state index in [0.29, 0.717) is 17.1 Å². The van der Waals surface area contributed by atoms with Gasteiger partial charge in [-0.3, -0.25) is 5.41 Å². The molecule has 2 heterocycles. The first-order valence-electron chi connectivity index (χ1n) is 7.97. The van der Waals surface area contributed by atoms with Gasteiger partial charge in [-0.1, -0.05) is 18.2 Å². The fraction of sp³-hybridized carbons (Fsp3) is 0.158. The summed E-state index contributed by atoms with van der Waals surface area (Å²) < 4.78 is 5.42. The van der Waals surface area contributed by atoms with Gasteiger partial charge in [0.15, 0.2) is 0 Å². The van der Waals surface area contributed by atoms with Crippen molar-refractivity contribution in [2.45, 2.75) is 6.92 Å². The lowest BCUT2D eigenvalue weighted by Gasteiger charge is -2.21. The highest BCUT2D eigenvalue weighted by Gasteiger charge is 2.32. The summed E-state index contributed by atoms with van der Waals surface area (Å²) in [5.74, 6) is 1.47. The minimum Gasteiger partial charge on any atom is -0.509 e. The van der Waals surface area contributed by atoms with Gasteiger partial charge in [0.2, 0.25) is 0 Å². The van der Waals surface area contributed by atoms with Crippen LogP contribution in [0.5, 0.6) is 5.75 Å². The molecule has 0 aliphatic carbocycles. The van der Waals surface area contributed by atoms with Crippen molar-refractivity contribution < 1.29 is 9.84 Å². The maximum Gasteiger partial charge on any atom is 0.145 e. The van der Waals surface area contributed by atoms with E-state index < -0.39 is 0 Å². The van der Waals surface area contributed by atoms with Crippen LogP contribution in [0.15, 0.2) is 48.2 Å². The minimum absolute atomic E-state index is 0.118. The van der Waals surface area contributed by atoms with Crippen molar-refractivity contribution in [3.8, 4) is 5.75 Å². The monoisotopic (exact) mass is 334 g/mol. The van der Waals surface area contributed by atoms with Gasteiger partial charge in [0.05, 0.1) is 35.9 Å². The molecule has 4 rings (SSSR count). The summed E-state index contributed by atoms with van der Waals surface area (Å²) in [5.41, 5.74) is 3.90. The fourth-order valence-corrected chi connectivity index (χ4v) is 3.12. The Morgan fingerprint density at radius 3 is 2.80 bits per heavy atom. The number of anilines is 1. The standard InChI is InChI=1S/C19H18N4O2/c1-11-7-8-16(25-2)14(9-11)23-10-15(24)17(18(23)20)19-21-12-5-3-4-6-13(12)22-19/h3-9,20,24H,10H2,1-2H3,(H,21,22). The number of imidazole rings is 1. The number of aromatic amines is 1. The van der Waals surface area contributed by atoms with Crippen molar-refractivity contribution in [3.05, 3.63) is 59.6 Å². The summed E-state index contributed by atoms with van der Waals surface area (Å²) in [6.45, 7) is 2.20. The molecule has 3 aromatic rings. The molecular formula is C19H18N4O2. The van der Waals surface area contributed by atoms with E-state index in [1.165, 1.54) is 0 Å². The maximum atomic E-state index is 10.5. The number of nitrogens with one attached hydrogen (secondary N) is 2. The number of ether oxygens (including phenoxy) is 1. The highest BCUT2D eigenvalue weighted by atomic mass is 16.5. The lowest BCUT2D eigenvalue weighted by atomic mass is 10.2. The molecule has 0 radical (unpaired) electrons. The van der Waals surface area contributed by atoms with E-state index >= 15 is 0 Å². The van der Waals surface area contributed by atoms with Gasteiger partial charge in [-0.15, -0.1) is 0 Å². The van der Waals surface area contributed by atoms with Crippen LogP contribution >= 0.6 is 0 Å². The van der Waals surface area contributed by atoms with Crippen molar-refractivity contribution in [1.29, 1.82) is 5.41 Å². The van der Waals surface area contributed by atoms with Crippen LogP contribution in [0.4, 0.5) is 5.69 Å². The van der Waals surface area contributed by atoms with Crippen molar-refractivity contribution in [3.63, 3.8) is 0 Å². The highest BCUT2D eigenvalue weighted by molar-refractivity contribution is 6.30. The summed E-state index contributed by atoms with van der Waals surface area (Å²) in [4.78, 5) is 9.42. The normalized spacial score (nSPS) is 14.6. The molecule has 25 heavy (non-hydrogen) atoms. The van der Waals surface area contributed by atoms with Crippen LogP contribution in [0, 0.1) is 12.3 Å². The average molecular weight is 334 g/mol. The van der Waals surface area contributed by atoms with E-state index in [2.05, 4.69) is 9.97 Å². The van der Waals surface area contributed by atoms with Gasteiger partial charge < -0.3 is 19.7 Å². The van der Waals surface area contributed by atoms with Crippen molar-refractivity contribution in [2.24, 2.45) is 0 Å². The predicted molar refractivity (Wildman–Crippen MR) is 98.4 cm³/mol. The summed E-state index contributed by atoms with van der Waals surface area (Å²) in [5, 5.41) is 19.1. The molecule has 0 saturated carbocycles. The van der Waals surface area contributed by atoms with Gasteiger partial charge in [0.25, 0.3) is 0 Å². The largest absolute Gasteiger partial charge is 0.509 e. The van der Waals surface area contributed by atoms with Crippen LogP contribution in [0.2, 0.25) is 0 Å². The van der Waals surface area contributed by atoms with Crippen LogP contribution < -0.4 is 9.64 Å². The van der Waals surface area contributed by atoms with Gasteiger partial charge in [0, 0.05) is 0 Å². The Morgan fingerprint density at radius 2 is 2.04 bits per heavy atom. The number of H-pyrrole nitrogens is 1. The van der Waals surface area contributed by atoms with E-state index in [-0.39, 0.29) is 18.1 Å². The number of rotatable bonds is 3. The summed E-state index contributed by atoms with van der Waals surface area (Å²) in [6, 6.07) is 13.4. The Kier molecular flexibility index (Phi) is 3.46. The number of fused-ring (bicyclic) bond motifs is 1. The van der Waals surface area contributed by atoms with E-state index in [1.54, 1.807) is 12.0 Å². The molecule has 1 aliphatic rings. The lowest BCUT2D eigenvalue weighted by Crippen LogP contribution is -2.26. The van der Waals surface area contributed by atoms with Crippen LogP contribution in [0.3, 0.4) is 0 Å². The highest BCUT2D eigenvalue weighted by Crippen LogP contribution is 2.36. The molecule has 0 amide bonds. The molecule has 0 unspecified atom stereocenters. The predicted octanol–water partition coefficient (Wildman–Crippen LogP) is 3.65. The Bertz CT molecular complexity index is 986. The molecule has 6 nitrogen and oxygen atoms in total. The smallest absolute Gasteiger partial charge is 0.145 e. The Morgan fingerprint density at radius 1 is 1.24 bits per heavy atom. The number of hydrogen-bond donors (Lipinski definition) is 3. The molecule has 2 aromatic carbocycles. The molecule has 0 atom stereocenters. The van der Waals surface area contributed by atoms with Gasteiger partial charge >= 0.3 is 0 Å². The number of aromatic nitrogens is 2. The van der Waals surface area contributed by atoms with Crippen LogP contribution in [-0.2, 0) is 0 Å². The molecule has 126 valence electrons. The van der Waals surface area contributed by atoms with Crippen molar-refractivity contribution in [2.75, 3.05) is 18.6 Å². The van der Waals surface area contributed by atoms with Gasteiger partial charge in [-0.25, -0.2) is 4.98 Å². The molecule has 1 aliphatic heterocycles. The van der Waals surface area contributed by atoms with Crippen molar-refractivity contribution in [1.82, 2.24) is 9.97 Å². The van der Waals surface area contributed by atoms with E-state index in [1.807, 2.05) is 49.4 Å². The summed E-state index contributed by atoms with van der Waals surface area (Å²) in [6.07, 6.45) is 0. The summed E-state index contributed by atoms with van der Waals surface area (Å²) in [7, 11) is 1.60. The first-order valence-corrected chi connectivity index (χ1v) is 7.97. The molecule has 0 spiro atoms. The third kappa shape index (κ3) is 2.42. The van der Waals surface area contributed by atoms with Gasteiger partial charge in [-0.2, -0.15) is 0 Å². The Hall–Kier alpha value is -3.28. The second-order valence-electron chi connectivity index (χ2n) is 6.03. The molecule has 6 heteroatoms. The molecular weight excluding hydrogens is 316 g/mol. The first-order chi connectivity index (χ1) is 12.1. The summed E-state index contributed by atoms with van der Waals surface area (Å²) >= 11 is 0. The second kappa shape index (κ2) is 5.66. The number of aryl methyl sites for hydroxylation is 1. The van der Waals surface area contributed by atoms with Crippen LogP contribution in [0.1, 0.15) is 11.4 Å². The second-order valence-corrected chi connectivity index (χ2v) is 6.03. The third-order valence-corrected chi connectivity index (χ3v) is 4.35. The zero-order valence-electron chi connectivity index (χ0n) is 14.0. The average Bonchev–Trinajstić information content (AvgIpc) is 3.15. The first kappa shape index (κ1) is 15.3. The number of para-hydroxylation sites is 2. The number of aliphatic hydroxyl groups excluding tert-OH is 1. The number of aliphatic hydroxyl groups is 1. The Labute approximate surface area is 144 Å². The minimum atomic E-state index is 0.118. The fourth-order valence-electron chi connectivity index (χ4n) is 3.12. The molecule has 0 bridgehead atoms. The van der Waals surface area contributed by atoms with Gasteiger partial charge in [-0.05, 0) is 36.8 Å². The molecule has 3 N–H and O–H groups in total. The Balaban J connectivity index is 1.76. The SMILES string of the molecule is COc1ccc(C)cc1N1CC(O)=C(c2nc3ccccc3[nH]2)C1=N. The number of hydrogen-bond acceptors (Lipinski definition) is 4. The third-order valence-electron chi connectivity index (χ3n) is 4.35. The topological polar surface area (TPSA) is 85.2 Å². The molecule has 0 saturated heterocycles. The molecule has 1 aromatic heterocycles. The number of nitrogens with zero attached hydrogens (tertiary/aromatic N) is 2. The zero-order valence-corrected chi connectivity index (χ0v) is 14.0. The van der Waals surface area contributed by atoms with Crippen molar-refractivity contribution >= 4 is 28.1 Å². The zero-order chi connectivity index (χ0) is 17.6. The van der Waals surface area contributed by atoms with E-state index in [0.717, 1.165) is 22.3 Å². The van der Waals surface area contributed by atoms with Gasteiger partial charge in [0.1, 0.15) is 23.2 Å². The lowest BCUT2D eigenvalue weighted by molar-refractivity contribution is 0.406. The number of methoxy groups -OCH3 is 1. The van der Waals surface area contributed by atoms with E-state index in [9.17, 15) is 5.11 Å². The number of amidine groups is 1.